The molecule has 10 heteroatoms. The monoisotopic (exact) mass is 422 g/mol. The Morgan fingerprint density at radius 3 is 2.52 bits per heavy atom. The summed E-state index contributed by atoms with van der Waals surface area (Å²) in [6.45, 7) is 1.39. The van der Waals surface area contributed by atoms with Crippen molar-refractivity contribution in [2.45, 2.75) is 45.6 Å². The van der Waals surface area contributed by atoms with Crippen LogP contribution in [0.3, 0.4) is 0 Å². The molecule has 0 saturated heterocycles. The summed E-state index contributed by atoms with van der Waals surface area (Å²) in [5.41, 5.74) is 2.56. The van der Waals surface area contributed by atoms with Gasteiger partial charge in [-0.15, -0.1) is 0 Å². The van der Waals surface area contributed by atoms with E-state index in [-0.39, 0.29) is 26.1 Å². The van der Waals surface area contributed by atoms with Crippen molar-refractivity contribution in [2.75, 3.05) is 11.5 Å². The highest BCUT2D eigenvalue weighted by Crippen LogP contribution is 2.32. The zero-order valence-electron chi connectivity index (χ0n) is 15.1. The number of ether oxygens (including phenoxy) is 1. The summed E-state index contributed by atoms with van der Waals surface area (Å²) >= 11 is 0. The van der Waals surface area contributed by atoms with Crippen LogP contribution in [-0.2, 0) is 27.6 Å². The van der Waals surface area contributed by atoms with Gasteiger partial charge in [0.05, 0.1) is 12.7 Å². The quantitative estimate of drug-likeness (QED) is 0.714. The minimum absolute atomic E-state index is 0. The summed E-state index contributed by atoms with van der Waals surface area (Å²) in [4.78, 5) is 10.7. The molecule has 4 rings (SSSR count). The third-order valence-corrected chi connectivity index (χ3v) is 5.60. The summed E-state index contributed by atoms with van der Waals surface area (Å²) in [5.74, 6) is 0.831. The first-order valence-corrected chi connectivity index (χ1v) is 10.5. The average molecular weight is 423 g/mol. The van der Waals surface area contributed by atoms with Crippen LogP contribution in [0.4, 0.5) is 5.82 Å². The number of nitrogens with zero attached hydrogens (tertiary/aromatic N) is 3. The Bertz CT molecular complexity index is 930. The van der Waals surface area contributed by atoms with Gasteiger partial charge in [0.15, 0.2) is 0 Å². The van der Waals surface area contributed by atoms with Crippen molar-refractivity contribution in [3.05, 3.63) is 47.8 Å². The lowest BCUT2D eigenvalue weighted by Crippen LogP contribution is -2.24. The van der Waals surface area contributed by atoms with E-state index in [0.29, 0.717) is 18.7 Å². The molecule has 2 heterocycles. The van der Waals surface area contributed by atoms with E-state index in [0.717, 1.165) is 18.9 Å². The lowest BCUT2D eigenvalue weighted by molar-refractivity contribution is 0.0986. The average Bonchev–Trinajstić information content (AvgIpc) is 3.23. The van der Waals surface area contributed by atoms with Crippen LogP contribution in [0.2, 0.25) is 0 Å². The zero-order chi connectivity index (χ0) is 19.7. The molecular formula is C19H26N4O5S. The lowest BCUT2D eigenvalue weighted by atomic mass is 10.1. The number of aliphatic hydroxyl groups excluding tert-OH is 1. The van der Waals surface area contributed by atoms with E-state index in [1.807, 2.05) is 12.1 Å². The Hall–Kier alpha value is -2.27. The van der Waals surface area contributed by atoms with Gasteiger partial charge in [0.1, 0.15) is 18.2 Å². The fourth-order valence-electron chi connectivity index (χ4n) is 3.74. The van der Waals surface area contributed by atoms with E-state index in [4.69, 9.17) is 9.88 Å². The van der Waals surface area contributed by atoms with Crippen LogP contribution in [0, 0.1) is 5.92 Å². The largest absolute Gasteiger partial charge is 0.474 e. The molecule has 0 amide bonds. The molecule has 0 radical (unpaired) electrons. The van der Waals surface area contributed by atoms with E-state index in [9.17, 15) is 13.5 Å². The fraction of sp³-hybridized carbons (Fsp3) is 0.474. The van der Waals surface area contributed by atoms with Crippen LogP contribution >= 0.6 is 0 Å². The molecule has 1 aliphatic carbocycles. The van der Waals surface area contributed by atoms with E-state index < -0.39 is 16.4 Å². The molecule has 0 bridgehead atoms. The van der Waals surface area contributed by atoms with Gasteiger partial charge in [-0.3, -0.25) is 4.18 Å². The summed E-state index contributed by atoms with van der Waals surface area (Å²) < 4.78 is 32.4. The predicted octanol–water partition coefficient (Wildman–Crippen LogP) is 1.37. The molecule has 9 nitrogen and oxygen atoms in total. The Morgan fingerprint density at radius 1 is 1.17 bits per heavy atom. The van der Waals surface area contributed by atoms with Crippen molar-refractivity contribution in [1.82, 2.24) is 9.97 Å². The van der Waals surface area contributed by atoms with Gasteiger partial charge in [-0.25, -0.2) is 15.1 Å². The lowest BCUT2D eigenvalue weighted by Gasteiger charge is -2.18. The standard InChI is InChI=1S/C18H22N4O5S.CH4/c19-28(24,25)26-10-14-5-15(6-16(14)23)27-18-7-17(20-11-21-18)22-8-12-3-1-2-4-13(12)9-22;/h1-4,7,11,14-16,23H,5-6,8-10H2,(H2,19,24,25);1H4/t14-,15+,16-;/m0./s1. The molecule has 2 aliphatic rings. The highest BCUT2D eigenvalue weighted by Gasteiger charge is 2.35. The highest BCUT2D eigenvalue weighted by molar-refractivity contribution is 7.84. The van der Waals surface area contributed by atoms with E-state index in [2.05, 4.69) is 31.2 Å². The molecule has 3 atom stereocenters. The van der Waals surface area contributed by atoms with Crippen molar-refractivity contribution in [3.63, 3.8) is 0 Å². The molecule has 1 aromatic carbocycles. The van der Waals surface area contributed by atoms with Crippen LogP contribution in [-0.4, -0.2) is 42.3 Å². The molecule has 0 spiro atoms. The number of rotatable bonds is 6. The van der Waals surface area contributed by atoms with Crippen molar-refractivity contribution < 1.29 is 22.4 Å². The second-order valence-corrected chi connectivity index (χ2v) is 8.38. The number of aliphatic hydroxyl groups is 1. The van der Waals surface area contributed by atoms with Gasteiger partial charge < -0.3 is 14.7 Å². The molecule has 2 aromatic rings. The molecular weight excluding hydrogens is 396 g/mol. The third-order valence-electron chi connectivity index (χ3n) is 5.14. The molecule has 29 heavy (non-hydrogen) atoms. The number of anilines is 1. The smallest absolute Gasteiger partial charge is 0.333 e. The predicted molar refractivity (Wildman–Crippen MR) is 107 cm³/mol. The van der Waals surface area contributed by atoms with Gasteiger partial charge in [-0.2, -0.15) is 8.42 Å². The minimum atomic E-state index is -4.03. The molecule has 1 aliphatic heterocycles. The fourth-order valence-corrected chi connectivity index (χ4v) is 4.11. The number of nitrogens with two attached hydrogens (primary N) is 1. The Kier molecular flexibility index (Phi) is 6.37. The zero-order valence-corrected chi connectivity index (χ0v) is 16.0. The Labute approximate surface area is 170 Å². The maximum Gasteiger partial charge on any atom is 0.333 e. The molecule has 158 valence electrons. The maximum atomic E-state index is 10.9. The topological polar surface area (TPSA) is 128 Å². The molecule has 1 saturated carbocycles. The maximum absolute atomic E-state index is 10.9. The minimum Gasteiger partial charge on any atom is -0.474 e. The third kappa shape index (κ3) is 5.21. The molecule has 1 fully saturated rings. The van der Waals surface area contributed by atoms with Gasteiger partial charge in [0.25, 0.3) is 0 Å². The van der Waals surface area contributed by atoms with Crippen molar-refractivity contribution >= 4 is 16.1 Å². The van der Waals surface area contributed by atoms with Gasteiger partial charge in [0, 0.05) is 31.5 Å². The second kappa shape index (κ2) is 8.62. The number of benzene rings is 1. The van der Waals surface area contributed by atoms with Crippen molar-refractivity contribution in [1.29, 1.82) is 0 Å². The van der Waals surface area contributed by atoms with Crippen molar-refractivity contribution in [3.8, 4) is 5.88 Å². The normalized spacial score (nSPS) is 23.5. The molecule has 3 N–H and O–H groups in total. The number of aromatic nitrogens is 2. The Morgan fingerprint density at radius 2 is 1.86 bits per heavy atom. The second-order valence-electron chi connectivity index (χ2n) is 7.16. The SMILES string of the molecule is C.NS(=O)(=O)OC[C@@H]1C[C@@H](Oc2cc(N3Cc4ccccc4C3)ncn2)C[C@@H]1O. The highest BCUT2D eigenvalue weighted by atomic mass is 32.2. The van der Waals surface area contributed by atoms with Crippen LogP contribution < -0.4 is 14.8 Å². The summed E-state index contributed by atoms with van der Waals surface area (Å²) in [6.07, 6.45) is 1.27. The van der Waals surface area contributed by atoms with Gasteiger partial charge >= 0.3 is 10.3 Å². The van der Waals surface area contributed by atoms with E-state index in [1.165, 1.54) is 17.5 Å². The number of hydrogen-bond acceptors (Lipinski definition) is 8. The van der Waals surface area contributed by atoms with Crippen LogP contribution in [0.5, 0.6) is 5.88 Å². The number of hydrogen-bond donors (Lipinski definition) is 2. The van der Waals surface area contributed by atoms with Crippen molar-refractivity contribution in [2.24, 2.45) is 11.1 Å². The first-order valence-electron chi connectivity index (χ1n) is 9.03. The molecule has 0 unspecified atom stereocenters. The van der Waals surface area contributed by atoms with Crippen LogP contribution in [0.1, 0.15) is 31.4 Å². The number of fused-ring (bicyclic) bond motifs is 1. The first kappa shape index (κ1) is 21.4. The van der Waals surface area contributed by atoms with Gasteiger partial charge in [0.2, 0.25) is 5.88 Å². The van der Waals surface area contributed by atoms with Crippen LogP contribution in [0.25, 0.3) is 0 Å². The van der Waals surface area contributed by atoms with Crippen LogP contribution in [0.15, 0.2) is 36.7 Å². The van der Waals surface area contributed by atoms with Gasteiger partial charge in [-0.1, -0.05) is 31.7 Å². The van der Waals surface area contributed by atoms with Gasteiger partial charge in [-0.05, 0) is 17.5 Å². The summed E-state index contributed by atoms with van der Waals surface area (Å²) in [7, 11) is -4.03. The van der Waals surface area contributed by atoms with E-state index >= 15 is 0 Å². The van der Waals surface area contributed by atoms with E-state index in [1.54, 1.807) is 6.07 Å². The summed E-state index contributed by atoms with van der Waals surface area (Å²) in [6, 6.07) is 10.1. The summed E-state index contributed by atoms with van der Waals surface area (Å²) in [5, 5.41) is 15.0. The first-order chi connectivity index (χ1) is 13.4. The molecule has 1 aromatic heterocycles. The Balaban J connectivity index is 0.00000240.